The maximum Gasteiger partial charge on any atom is 0.228 e. The average molecular weight is 330 g/mol. The lowest BCUT2D eigenvalue weighted by Crippen LogP contribution is -2.40. The summed E-state index contributed by atoms with van der Waals surface area (Å²) in [7, 11) is 0. The minimum absolute atomic E-state index is 0.00597. The summed E-state index contributed by atoms with van der Waals surface area (Å²) in [5.41, 5.74) is 1.72. The molecule has 2 heterocycles. The van der Waals surface area contributed by atoms with Crippen molar-refractivity contribution in [3.8, 4) is 0 Å². The van der Waals surface area contributed by atoms with Gasteiger partial charge in [0.25, 0.3) is 0 Å². The number of carbonyl (C=O) groups excluding carboxylic acids is 1. The van der Waals surface area contributed by atoms with Crippen molar-refractivity contribution in [3.63, 3.8) is 0 Å². The van der Waals surface area contributed by atoms with Crippen LogP contribution in [0.2, 0.25) is 5.02 Å². The molecule has 23 heavy (non-hydrogen) atoms. The average Bonchev–Trinajstić information content (AvgIpc) is 2.58. The van der Waals surface area contributed by atoms with Gasteiger partial charge in [0.1, 0.15) is 0 Å². The number of nitrogens with one attached hydrogen (secondary N) is 1. The van der Waals surface area contributed by atoms with E-state index in [1.165, 1.54) is 0 Å². The summed E-state index contributed by atoms with van der Waals surface area (Å²) in [5.74, 6) is 0.0967. The Morgan fingerprint density at radius 1 is 1.26 bits per heavy atom. The van der Waals surface area contributed by atoms with E-state index in [-0.39, 0.29) is 11.8 Å². The van der Waals surface area contributed by atoms with Crippen LogP contribution in [0.4, 0.5) is 5.69 Å². The van der Waals surface area contributed by atoms with Crippen LogP contribution in [-0.4, -0.2) is 28.9 Å². The van der Waals surface area contributed by atoms with Crippen molar-refractivity contribution in [3.05, 3.63) is 59.4 Å². The first-order valence-corrected chi connectivity index (χ1v) is 8.28. The zero-order valence-corrected chi connectivity index (χ0v) is 13.7. The predicted octanol–water partition coefficient (Wildman–Crippen LogP) is 3.59. The van der Waals surface area contributed by atoms with Crippen molar-refractivity contribution >= 4 is 23.2 Å². The van der Waals surface area contributed by atoms with E-state index in [0.29, 0.717) is 11.6 Å². The van der Waals surface area contributed by atoms with Crippen molar-refractivity contribution in [1.82, 2.24) is 9.88 Å². The molecule has 5 heteroatoms. The fourth-order valence-corrected chi connectivity index (χ4v) is 3.11. The molecule has 0 radical (unpaired) electrons. The van der Waals surface area contributed by atoms with Crippen LogP contribution in [0.25, 0.3) is 0 Å². The standard InChI is InChI=1S/C18H20ClN3O/c19-16-9-4-10-20-17(16)13-22-11-5-6-14(12-22)18(23)21-15-7-2-1-3-8-15/h1-4,7-10,14H,5-6,11-13H2,(H,21,23). The summed E-state index contributed by atoms with van der Waals surface area (Å²) in [6.45, 7) is 2.41. The van der Waals surface area contributed by atoms with Crippen LogP contribution in [0.15, 0.2) is 48.7 Å². The number of likely N-dealkylation sites (tertiary alicyclic amines) is 1. The number of carbonyl (C=O) groups is 1. The van der Waals surface area contributed by atoms with Crippen molar-refractivity contribution in [2.24, 2.45) is 5.92 Å². The van der Waals surface area contributed by atoms with E-state index in [1.54, 1.807) is 6.20 Å². The maximum absolute atomic E-state index is 12.5. The van der Waals surface area contributed by atoms with Crippen LogP contribution in [-0.2, 0) is 11.3 Å². The zero-order valence-electron chi connectivity index (χ0n) is 12.9. The van der Waals surface area contributed by atoms with Gasteiger partial charge < -0.3 is 5.32 Å². The molecule has 1 saturated heterocycles. The first-order chi connectivity index (χ1) is 11.2. The Hall–Kier alpha value is -1.91. The maximum atomic E-state index is 12.5. The second-order valence-corrected chi connectivity index (χ2v) is 6.27. The Bertz CT molecular complexity index is 662. The number of nitrogens with zero attached hydrogens (tertiary/aromatic N) is 2. The highest BCUT2D eigenvalue weighted by Crippen LogP contribution is 2.22. The quantitative estimate of drug-likeness (QED) is 0.932. The van der Waals surface area contributed by atoms with Crippen LogP contribution in [0.1, 0.15) is 18.5 Å². The Labute approximate surface area is 141 Å². The molecule has 1 aliphatic heterocycles. The summed E-state index contributed by atoms with van der Waals surface area (Å²) < 4.78 is 0. The molecular weight excluding hydrogens is 310 g/mol. The van der Waals surface area contributed by atoms with Gasteiger partial charge in [0.2, 0.25) is 5.91 Å². The number of para-hydroxylation sites is 1. The minimum Gasteiger partial charge on any atom is -0.326 e. The fraction of sp³-hybridized carbons (Fsp3) is 0.333. The van der Waals surface area contributed by atoms with Gasteiger partial charge in [-0.25, -0.2) is 0 Å². The monoisotopic (exact) mass is 329 g/mol. The molecule has 1 amide bonds. The second kappa shape index (κ2) is 7.57. The van der Waals surface area contributed by atoms with Gasteiger partial charge in [-0.3, -0.25) is 14.7 Å². The minimum atomic E-state index is 0.00597. The molecule has 3 rings (SSSR count). The number of rotatable bonds is 4. The zero-order chi connectivity index (χ0) is 16.1. The number of hydrogen-bond donors (Lipinski definition) is 1. The topological polar surface area (TPSA) is 45.2 Å². The van der Waals surface area contributed by atoms with Gasteiger partial charge in [-0.05, 0) is 43.7 Å². The molecule has 4 nitrogen and oxygen atoms in total. The van der Waals surface area contributed by atoms with Gasteiger partial charge >= 0.3 is 0 Å². The molecule has 120 valence electrons. The predicted molar refractivity (Wildman–Crippen MR) is 92.3 cm³/mol. The molecule has 0 bridgehead atoms. The number of pyridine rings is 1. The van der Waals surface area contributed by atoms with E-state index in [9.17, 15) is 4.79 Å². The molecule has 2 aromatic rings. The van der Waals surface area contributed by atoms with E-state index < -0.39 is 0 Å². The Morgan fingerprint density at radius 3 is 2.87 bits per heavy atom. The third-order valence-corrected chi connectivity index (χ3v) is 4.47. The summed E-state index contributed by atoms with van der Waals surface area (Å²) in [6.07, 6.45) is 3.69. The largest absolute Gasteiger partial charge is 0.326 e. The van der Waals surface area contributed by atoms with Gasteiger partial charge in [0.15, 0.2) is 0 Å². The number of benzene rings is 1. The molecule has 0 saturated carbocycles. The highest BCUT2D eigenvalue weighted by atomic mass is 35.5. The molecule has 0 aliphatic carbocycles. The number of hydrogen-bond acceptors (Lipinski definition) is 3. The molecular formula is C18H20ClN3O. The first-order valence-electron chi connectivity index (χ1n) is 7.90. The lowest BCUT2D eigenvalue weighted by atomic mass is 9.97. The Kier molecular flexibility index (Phi) is 5.26. The third-order valence-electron chi connectivity index (χ3n) is 4.13. The van der Waals surface area contributed by atoms with Crippen LogP contribution < -0.4 is 5.32 Å². The molecule has 1 atom stereocenters. The molecule has 0 spiro atoms. The number of amides is 1. The summed E-state index contributed by atoms with van der Waals surface area (Å²) in [5, 5.41) is 3.68. The van der Waals surface area contributed by atoms with Gasteiger partial charge in [-0.15, -0.1) is 0 Å². The van der Waals surface area contributed by atoms with Gasteiger partial charge in [-0.1, -0.05) is 29.8 Å². The van der Waals surface area contributed by atoms with Crippen molar-refractivity contribution < 1.29 is 4.79 Å². The van der Waals surface area contributed by atoms with E-state index >= 15 is 0 Å². The molecule has 1 unspecified atom stereocenters. The van der Waals surface area contributed by atoms with Gasteiger partial charge in [0.05, 0.1) is 16.6 Å². The highest BCUT2D eigenvalue weighted by molar-refractivity contribution is 6.31. The van der Waals surface area contributed by atoms with E-state index in [4.69, 9.17) is 11.6 Å². The SMILES string of the molecule is O=C(Nc1ccccc1)C1CCCN(Cc2ncccc2Cl)C1. The summed E-state index contributed by atoms with van der Waals surface area (Å²) >= 11 is 6.18. The van der Waals surface area contributed by atoms with Crippen molar-refractivity contribution in [1.29, 1.82) is 0 Å². The smallest absolute Gasteiger partial charge is 0.228 e. The van der Waals surface area contributed by atoms with E-state index in [0.717, 1.165) is 37.3 Å². The van der Waals surface area contributed by atoms with Crippen molar-refractivity contribution in [2.75, 3.05) is 18.4 Å². The Balaban J connectivity index is 1.59. The van der Waals surface area contributed by atoms with Crippen LogP contribution in [0, 0.1) is 5.92 Å². The van der Waals surface area contributed by atoms with Gasteiger partial charge in [-0.2, -0.15) is 0 Å². The van der Waals surface area contributed by atoms with Crippen LogP contribution >= 0.6 is 11.6 Å². The molecule has 1 fully saturated rings. The molecule has 1 aromatic carbocycles. The highest BCUT2D eigenvalue weighted by Gasteiger charge is 2.26. The fourth-order valence-electron chi connectivity index (χ4n) is 2.93. The lowest BCUT2D eigenvalue weighted by molar-refractivity contribution is -0.121. The number of halogens is 1. The number of anilines is 1. The van der Waals surface area contributed by atoms with Crippen LogP contribution in [0.3, 0.4) is 0 Å². The summed E-state index contributed by atoms with van der Waals surface area (Å²) in [4.78, 5) is 19.0. The first kappa shape index (κ1) is 16.0. The Morgan fingerprint density at radius 2 is 2.09 bits per heavy atom. The van der Waals surface area contributed by atoms with E-state index in [2.05, 4.69) is 15.2 Å². The lowest BCUT2D eigenvalue weighted by Gasteiger charge is -2.31. The second-order valence-electron chi connectivity index (χ2n) is 5.86. The molecule has 1 aliphatic rings. The van der Waals surface area contributed by atoms with Crippen molar-refractivity contribution in [2.45, 2.75) is 19.4 Å². The summed E-state index contributed by atoms with van der Waals surface area (Å²) in [6, 6.07) is 13.3. The van der Waals surface area contributed by atoms with Gasteiger partial charge in [0, 0.05) is 25.0 Å². The molecule has 1 N–H and O–H groups in total. The van der Waals surface area contributed by atoms with E-state index in [1.807, 2.05) is 42.5 Å². The number of piperidine rings is 1. The van der Waals surface area contributed by atoms with Crippen LogP contribution in [0.5, 0.6) is 0 Å². The third kappa shape index (κ3) is 4.30. The molecule has 1 aromatic heterocycles. The number of aromatic nitrogens is 1. The normalized spacial score (nSPS) is 18.6.